The molecule has 0 spiro atoms. The summed E-state index contributed by atoms with van der Waals surface area (Å²) in [6.07, 6.45) is -1.75. The highest BCUT2D eigenvalue weighted by Crippen LogP contribution is 2.51. The van der Waals surface area contributed by atoms with E-state index in [0.29, 0.717) is 50.3 Å². The minimum atomic E-state index is -4.54. The van der Waals surface area contributed by atoms with Crippen molar-refractivity contribution in [3.05, 3.63) is 65.0 Å². The maximum Gasteiger partial charge on any atom is 0.417 e. The van der Waals surface area contributed by atoms with E-state index in [-0.39, 0.29) is 56.2 Å². The summed E-state index contributed by atoms with van der Waals surface area (Å²) < 4.78 is 82.5. The minimum absolute atomic E-state index is 0.00235. The van der Waals surface area contributed by atoms with Gasteiger partial charge in [0, 0.05) is 76.8 Å². The second-order valence-corrected chi connectivity index (χ2v) is 14.1. The summed E-state index contributed by atoms with van der Waals surface area (Å²) in [6, 6.07) is 10.2. The highest BCUT2D eigenvalue weighted by molar-refractivity contribution is 7.87. The molecule has 14 heteroatoms. The van der Waals surface area contributed by atoms with Crippen LogP contribution in [-0.2, 0) is 50.2 Å². The average molecular weight is 638 g/mol. The van der Waals surface area contributed by atoms with Crippen molar-refractivity contribution in [1.29, 1.82) is 0 Å². The van der Waals surface area contributed by atoms with Gasteiger partial charge in [-0.25, -0.2) is 0 Å². The molecule has 2 aromatic rings. The van der Waals surface area contributed by atoms with Gasteiger partial charge in [-0.15, -0.1) is 0 Å². The van der Waals surface area contributed by atoms with Crippen LogP contribution in [0.2, 0.25) is 0 Å². The summed E-state index contributed by atoms with van der Waals surface area (Å²) in [5.74, 6) is -0.478. The van der Waals surface area contributed by atoms with Crippen LogP contribution in [0.15, 0.2) is 42.6 Å². The second-order valence-electron chi connectivity index (χ2n) is 12.3. The molecule has 0 radical (unpaired) electrons. The van der Waals surface area contributed by atoms with Gasteiger partial charge in [-0.1, -0.05) is 30.3 Å². The summed E-state index contributed by atoms with van der Waals surface area (Å²) in [5.41, 5.74) is -0.128. The molecule has 3 fully saturated rings. The summed E-state index contributed by atoms with van der Waals surface area (Å²) in [7, 11) is -2.27. The molecule has 10 nitrogen and oxygen atoms in total. The molecule has 44 heavy (non-hydrogen) atoms. The number of benzene rings is 1. The number of ether oxygens (including phenoxy) is 2. The number of aromatic nitrogens is 1. The average Bonchev–Trinajstić information content (AvgIpc) is 3.55. The van der Waals surface area contributed by atoms with Crippen molar-refractivity contribution in [2.75, 3.05) is 40.0 Å². The van der Waals surface area contributed by atoms with Gasteiger partial charge in [0.05, 0.1) is 23.7 Å². The fraction of sp³-hybridized carbons (Fsp3) is 0.600. The molecule has 6 rings (SSSR count). The van der Waals surface area contributed by atoms with Crippen molar-refractivity contribution >= 4 is 16.1 Å². The predicted octanol–water partition coefficient (Wildman–Crippen LogP) is 2.49. The van der Waals surface area contributed by atoms with Gasteiger partial charge in [-0.2, -0.15) is 30.6 Å². The molecule has 1 aromatic carbocycles. The summed E-state index contributed by atoms with van der Waals surface area (Å²) in [6.45, 7) is 1.68. The summed E-state index contributed by atoms with van der Waals surface area (Å²) in [5, 5.41) is 3.68. The second kappa shape index (κ2) is 12.3. The van der Waals surface area contributed by atoms with Gasteiger partial charge in [0.25, 0.3) is 10.2 Å². The van der Waals surface area contributed by atoms with Gasteiger partial charge in [0.2, 0.25) is 5.91 Å². The lowest BCUT2D eigenvalue weighted by Gasteiger charge is -2.37. The quantitative estimate of drug-likeness (QED) is 0.458. The molecule has 1 aromatic heterocycles. The predicted molar refractivity (Wildman–Crippen MR) is 154 cm³/mol. The number of nitrogens with one attached hydrogen (secondary N) is 2. The minimum Gasteiger partial charge on any atom is -0.379 e. The van der Waals surface area contributed by atoms with Crippen molar-refractivity contribution < 1.29 is 35.9 Å². The Balaban J connectivity index is 1.24. The highest BCUT2D eigenvalue weighted by Gasteiger charge is 2.60. The maximum absolute atomic E-state index is 14.5. The van der Waals surface area contributed by atoms with Crippen LogP contribution in [-0.4, -0.2) is 86.7 Å². The van der Waals surface area contributed by atoms with E-state index in [1.54, 1.807) is 12.0 Å². The van der Waals surface area contributed by atoms with Gasteiger partial charge >= 0.3 is 6.18 Å². The van der Waals surface area contributed by atoms with Crippen molar-refractivity contribution in [3.8, 4) is 0 Å². The molecule has 2 saturated heterocycles. The molecule has 5 unspecified atom stereocenters. The van der Waals surface area contributed by atoms with E-state index in [2.05, 4.69) is 15.0 Å². The zero-order valence-electron chi connectivity index (χ0n) is 24.6. The summed E-state index contributed by atoms with van der Waals surface area (Å²) >= 11 is 0. The number of pyridine rings is 1. The summed E-state index contributed by atoms with van der Waals surface area (Å²) in [4.78, 5) is 20.1. The smallest absolute Gasteiger partial charge is 0.379 e. The first kappa shape index (κ1) is 31.4. The Hall–Kier alpha value is -2.62. The van der Waals surface area contributed by atoms with E-state index in [0.717, 1.165) is 24.2 Å². The molecule has 240 valence electrons. The lowest BCUT2D eigenvalue weighted by atomic mass is 9.78. The fourth-order valence-corrected chi connectivity index (χ4v) is 8.64. The Morgan fingerprint density at radius 1 is 1.25 bits per heavy atom. The number of hydrogen-bond acceptors (Lipinski definition) is 7. The third-order valence-electron chi connectivity index (χ3n) is 9.62. The van der Waals surface area contributed by atoms with Crippen LogP contribution in [0.4, 0.5) is 13.2 Å². The van der Waals surface area contributed by atoms with E-state index in [9.17, 15) is 26.4 Å². The third-order valence-corrected chi connectivity index (χ3v) is 11.1. The van der Waals surface area contributed by atoms with E-state index in [1.807, 2.05) is 30.3 Å². The van der Waals surface area contributed by atoms with Crippen molar-refractivity contribution in [3.63, 3.8) is 0 Å². The SMILES string of the molecule is COC1COCCC1NC1CC2CN(S(=O)(=O)NCc3ccccc3)CC2(C(=O)N2CCc3ncc(C(F)(F)F)cc3C2)C1. The number of carbonyl (C=O) groups is 1. The number of amides is 1. The number of hydrogen-bond donors (Lipinski definition) is 2. The molecule has 2 N–H and O–H groups in total. The fourth-order valence-electron chi connectivity index (χ4n) is 7.34. The largest absolute Gasteiger partial charge is 0.417 e. The first-order valence-corrected chi connectivity index (χ1v) is 16.4. The van der Waals surface area contributed by atoms with Crippen LogP contribution in [0.3, 0.4) is 0 Å². The Morgan fingerprint density at radius 2 is 2.05 bits per heavy atom. The molecule has 1 amide bonds. The number of rotatable bonds is 8. The van der Waals surface area contributed by atoms with Crippen molar-refractivity contribution in [2.45, 2.75) is 63.1 Å². The highest BCUT2D eigenvalue weighted by atomic mass is 32.2. The first-order chi connectivity index (χ1) is 21.0. The number of carbonyl (C=O) groups excluding carboxylic acids is 1. The number of alkyl halides is 3. The molecule has 1 aliphatic carbocycles. The zero-order chi connectivity index (χ0) is 31.1. The Kier molecular flexibility index (Phi) is 8.76. The standard InChI is InChI=1S/C30H38F3N5O5S/c1-42-27-18-43-10-8-26(27)36-24-12-23-17-38(44(40,41)35-14-20-5-3-2-4-6-20)19-29(23,13-24)28(39)37-9-7-25-21(16-37)11-22(15-34-25)30(31,32)33/h2-6,11,15,23-24,26-27,35-36H,7-10,12-14,16-19H2,1H3. The van der Waals surface area contributed by atoms with E-state index < -0.39 is 27.4 Å². The number of halogens is 3. The van der Waals surface area contributed by atoms with Crippen LogP contribution >= 0.6 is 0 Å². The van der Waals surface area contributed by atoms with Crippen LogP contribution < -0.4 is 10.0 Å². The lowest BCUT2D eigenvalue weighted by Crippen LogP contribution is -2.52. The first-order valence-electron chi connectivity index (χ1n) is 15.0. The van der Waals surface area contributed by atoms with Crippen LogP contribution in [0.5, 0.6) is 0 Å². The van der Waals surface area contributed by atoms with Crippen LogP contribution in [0, 0.1) is 11.3 Å². The van der Waals surface area contributed by atoms with Gasteiger partial charge < -0.3 is 19.7 Å². The molecule has 4 aliphatic rings. The topological polar surface area (TPSA) is 113 Å². The van der Waals surface area contributed by atoms with E-state index >= 15 is 0 Å². The molecule has 0 bridgehead atoms. The number of fused-ring (bicyclic) bond motifs is 2. The maximum atomic E-state index is 14.5. The Bertz CT molecular complexity index is 1460. The van der Waals surface area contributed by atoms with Crippen molar-refractivity contribution in [1.82, 2.24) is 24.2 Å². The van der Waals surface area contributed by atoms with E-state index in [4.69, 9.17) is 9.47 Å². The van der Waals surface area contributed by atoms with Crippen molar-refractivity contribution in [2.24, 2.45) is 11.3 Å². The number of methoxy groups -OCH3 is 1. The van der Waals surface area contributed by atoms with Gasteiger partial charge in [0.15, 0.2) is 0 Å². The molecular formula is C30H38F3N5O5S. The van der Waals surface area contributed by atoms with Gasteiger partial charge in [-0.05, 0) is 42.4 Å². The molecule has 4 heterocycles. The molecule has 3 aliphatic heterocycles. The molecular weight excluding hydrogens is 599 g/mol. The zero-order valence-corrected chi connectivity index (χ0v) is 25.4. The van der Waals surface area contributed by atoms with Crippen LogP contribution in [0.25, 0.3) is 0 Å². The Morgan fingerprint density at radius 3 is 2.80 bits per heavy atom. The third kappa shape index (κ3) is 6.24. The van der Waals surface area contributed by atoms with Gasteiger partial charge in [-0.3, -0.25) is 9.78 Å². The number of nitrogens with zero attached hydrogens (tertiary/aromatic N) is 3. The Labute approximate surface area is 255 Å². The normalized spacial score (nSPS) is 29.4. The molecule has 5 atom stereocenters. The van der Waals surface area contributed by atoms with Crippen LogP contribution in [0.1, 0.15) is 41.6 Å². The lowest BCUT2D eigenvalue weighted by molar-refractivity contribution is -0.143. The van der Waals surface area contributed by atoms with Gasteiger partial charge in [0.1, 0.15) is 0 Å². The van der Waals surface area contributed by atoms with E-state index in [1.165, 1.54) is 4.31 Å². The molecule has 1 saturated carbocycles. The monoisotopic (exact) mass is 637 g/mol.